The van der Waals surface area contributed by atoms with Crippen LogP contribution in [0, 0.1) is 11.3 Å². The van der Waals surface area contributed by atoms with E-state index in [1.807, 2.05) is 34.9 Å². The summed E-state index contributed by atoms with van der Waals surface area (Å²) in [4.78, 5) is 45.5. The number of likely N-dealkylation sites (N-methyl/N-ethyl adjacent to an activating group) is 2. The van der Waals surface area contributed by atoms with Gasteiger partial charge in [-0.15, -0.1) is 0 Å². The highest BCUT2D eigenvalue weighted by molar-refractivity contribution is 5.90. The number of hydrogen-bond acceptors (Lipinski definition) is 6. The van der Waals surface area contributed by atoms with Crippen molar-refractivity contribution in [1.82, 2.24) is 20.0 Å². The summed E-state index contributed by atoms with van der Waals surface area (Å²) in [5, 5.41) is 3.11. The maximum atomic E-state index is 13.8. The lowest BCUT2D eigenvalue weighted by Gasteiger charge is -2.43. The molecule has 2 fully saturated rings. The number of nitrogens with zero attached hydrogens (tertiary/aromatic N) is 3. The van der Waals surface area contributed by atoms with Gasteiger partial charge in [0.2, 0.25) is 11.8 Å². The molecule has 8 heteroatoms. The van der Waals surface area contributed by atoms with Crippen molar-refractivity contribution in [2.75, 3.05) is 40.8 Å². The molecule has 2 amide bonds. The average Bonchev–Trinajstić information content (AvgIpc) is 2.79. The lowest BCUT2D eigenvalue weighted by molar-refractivity contribution is -0.149. The number of amides is 2. The molecule has 2 rings (SSSR count). The van der Waals surface area contributed by atoms with Crippen molar-refractivity contribution < 1.29 is 19.1 Å². The van der Waals surface area contributed by atoms with Gasteiger partial charge in [-0.3, -0.25) is 24.2 Å². The van der Waals surface area contributed by atoms with Crippen LogP contribution in [0.25, 0.3) is 0 Å². The van der Waals surface area contributed by atoms with Crippen LogP contribution in [0.2, 0.25) is 0 Å². The third kappa shape index (κ3) is 7.17. The van der Waals surface area contributed by atoms with Crippen molar-refractivity contribution in [2.45, 2.75) is 97.3 Å². The Kier molecular flexibility index (Phi) is 10.4. The molecule has 2 saturated heterocycles. The van der Waals surface area contributed by atoms with E-state index in [1.54, 1.807) is 4.90 Å². The number of methoxy groups -OCH3 is 1. The van der Waals surface area contributed by atoms with Crippen molar-refractivity contribution >= 4 is 17.8 Å². The lowest BCUT2D eigenvalue weighted by Crippen LogP contribution is -2.61. The quantitative estimate of drug-likeness (QED) is 0.538. The fraction of sp³-hybridized carbons (Fsp3) is 0.885. The van der Waals surface area contributed by atoms with Gasteiger partial charge in [0.1, 0.15) is 12.1 Å². The van der Waals surface area contributed by atoms with Gasteiger partial charge in [0, 0.05) is 19.6 Å². The van der Waals surface area contributed by atoms with E-state index in [9.17, 15) is 14.4 Å². The molecule has 0 aromatic heterocycles. The third-order valence-corrected chi connectivity index (χ3v) is 7.60. The number of carbonyl (C=O) groups excluding carboxylic acids is 3. The summed E-state index contributed by atoms with van der Waals surface area (Å²) in [6, 6.07) is -1.16. The number of hydrogen-bond donors (Lipinski definition) is 1. The van der Waals surface area contributed by atoms with Crippen LogP contribution in [0.1, 0.15) is 73.1 Å². The average molecular weight is 481 g/mol. The smallest absolute Gasteiger partial charge is 0.323 e. The molecule has 196 valence electrons. The highest BCUT2D eigenvalue weighted by atomic mass is 16.5. The lowest BCUT2D eigenvalue weighted by atomic mass is 9.84. The molecule has 0 unspecified atom stereocenters. The van der Waals surface area contributed by atoms with E-state index in [-0.39, 0.29) is 41.8 Å². The van der Waals surface area contributed by atoms with Gasteiger partial charge < -0.3 is 15.0 Å². The third-order valence-electron chi connectivity index (χ3n) is 7.60. The summed E-state index contributed by atoms with van der Waals surface area (Å²) in [6.45, 7) is 12.5. The Morgan fingerprint density at radius 1 is 1.03 bits per heavy atom. The van der Waals surface area contributed by atoms with Gasteiger partial charge in [0.25, 0.3) is 0 Å². The van der Waals surface area contributed by atoms with E-state index in [4.69, 9.17) is 4.74 Å². The fourth-order valence-corrected chi connectivity index (χ4v) is 5.29. The number of piperidine rings is 2. The highest BCUT2D eigenvalue weighted by Gasteiger charge is 2.40. The second kappa shape index (κ2) is 12.3. The van der Waals surface area contributed by atoms with Crippen LogP contribution in [0.15, 0.2) is 0 Å². The van der Waals surface area contributed by atoms with E-state index >= 15 is 0 Å². The number of ether oxygens (including phenoxy) is 1. The zero-order chi connectivity index (χ0) is 25.6. The zero-order valence-corrected chi connectivity index (χ0v) is 22.7. The van der Waals surface area contributed by atoms with Crippen LogP contribution in [-0.2, 0) is 19.1 Å². The minimum Gasteiger partial charge on any atom is -0.468 e. The molecule has 2 aliphatic heterocycles. The van der Waals surface area contributed by atoms with Gasteiger partial charge in [-0.25, -0.2) is 0 Å². The van der Waals surface area contributed by atoms with Crippen molar-refractivity contribution in [2.24, 2.45) is 11.3 Å². The molecular weight excluding hydrogens is 432 g/mol. The van der Waals surface area contributed by atoms with Crippen LogP contribution in [-0.4, -0.2) is 97.5 Å². The topological polar surface area (TPSA) is 82.2 Å². The summed E-state index contributed by atoms with van der Waals surface area (Å²) < 4.78 is 5.05. The van der Waals surface area contributed by atoms with Crippen molar-refractivity contribution in [3.05, 3.63) is 0 Å². The van der Waals surface area contributed by atoms with Crippen molar-refractivity contribution in [3.63, 3.8) is 0 Å². The van der Waals surface area contributed by atoms with Crippen LogP contribution in [0.5, 0.6) is 0 Å². The fourth-order valence-electron chi connectivity index (χ4n) is 5.29. The maximum absolute atomic E-state index is 13.8. The van der Waals surface area contributed by atoms with Crippen LogP contribution in [0.3, 0.4) is 0 Å². The molecule has 2 aliphatic rings. The molecule has 0 aromatic carbocycles. The predicted octanol–water partition coefficient (Wildman–Crippen LogP) is 2.51. The standard InChI is InChI=1S/C26H48N4O4/c1-18(2)21(17-30-16-12-10-14-20(30)25(33)34-8)29(7)24(32)22(26(3,4)5)27-23(31)19-13-9-11-15-28(19)6/h18-22H,9-17H2,1-8H3,(H,27,31)/t19-,20-,21-,22-/m1/s1. The Morgan fingerprint density at radius 2 is 1.62 bits per heavy atom. The van der Waals surface area contributed by atoms with Crippen LogP contribution in [0.4, 0.5) is 0 Å². The molecule has 0 aliphatic carbocycles. The number of carbonyl (C=O) groups is 3. The molecule has 0 aromatic rings. The number of nitrogens with one attached hydrogen (secondary N) is 1. The minimum atomic E-state index is -0.626. The first kappa shape index (κ1) is 28.6. The second-order valence-corrected chi connectivity index (χ2v) is 11.6. The summed E-state index contributed by atoms with van der Waals surface area (Å²) in [5.74, 6) is -0.154. The molecule has 0 radical (unpaired) electrons. The number of rotatable bonds is 8. The minimum absolute atomic E-state index is 0.0632. The maximum Gasteiger partial charge on any atom is 0.323 e. The summed E-state index contributed by atoms with van der Waals surface area (Å²) in [5.41, 5.74) is -0.435. The van der Waals surface area contributed by atoms with Gasteiger partial charge in [-0.05, 0) is 57.2 Å². The Morgan fingerprint density at radius 3 is 2.15 bits per heavy atom. The summed E-state index contributed by atoms with van der Waals surface area (Å²) in [6.07, 6.45) is 5.77. The highest BCUT2D eigenvalue weighted by Crippen LogP contribution is 2.26. The van der Waals surface area contributed by atoms with Gasteiger partial charge in [0.15, 0.2) is 0 Å². The van der Waals surface area contributed by atoms with E-state index in [0.29, 0.717) is 6.54 Å². The Hall–Kier alpha value is -1.67. The second-order valence-electron chi connectivity index (χ2n) is 11.6. The molecule has 0 bridgehead atoms. The number of esters is 1. The molecule has 1 N–H and O–H groups in total. The van der Waals surface area contributed by atoms with Crippen LogP contribution >= 0.6 is 0 Å². The molecule has 0 saturated carbocycles. The summed E-state index contributed by atoms with van der Waals surface area (Å²) in [7, 11) is 5.25. The Balaban J connectivity index is 2.19. The van der Waals surface area contributed by atoms with Crippen LogP contribution < -0.4 is 5.32 Å². The molecule has 8 nitrogen and oxygen atoms in total. The largest absolute Gasteiger partial charge is 0.468 e. The first-order valence-electron chi connectivity index (χ1n) is 13.0. The van der Waals surface area contributed by atoms with E-state index in [2.05, 4.69) is 29.0 Å². The number of likely N-dealkylation sites (tertiary alicyclic amines) is 2. The van der Waals surface area contributed by atoms with E-state index in [0.717, 1.165) is 51.6 Å². The van der Waals surface area contributed by atoms with Crippen molar-refractivity contribution in [1.29, 1.82) is 0 Å². The molecule has 0 spiro atoms. The SMILES string of the molecule is COC(=O)[C@H]1CCCCN1C[C@H](C(C)C)N(C)C(=O)[C@@H](NC(=O)[C@H]1CCCCN1C)C(C)(C)C. The zero-order valence-electron chi connectivity index (χ0n) is 22.7. The van der Waals surface area contributed by atoms with E-state index in [1.165, 1.54) is 7.11 Å². The Labute approximate surface area is 206 Å². The Bertz CT molecular complexity index is 705. The van der Waals surface area contributed by atoms with Crippen molar-refractivity contribution in [3.8, 4) is 0 Å². The monoisotopic (exact) mass is 480 g/mol. The molecule has 4 atom stereocenters. The first-order chi connectivity index (χ1) is 15.9. The molecule has 34 heavy (non-hydrogen) atoms. The predicted molar refractivity (Wildman–Crippen MR) is 134 cm³/mol. The summed E-state index contributed by atoms with van der Waals surface area (Å²) >= 11 is 0. The van der Waals surface area contributed by atoms with E-state index < -0.39 is 11.5 Å². The van der Waals surface area contributed by atoms with Gasteiger partial charge in [-0.1, -0.05) is 47.5 Å². The first-order valence-corrected chi connectivity index (χ1v) is 13.0. The molecular formula is C26H48N4O4. The van der Waals surface area contributed by atoms with Gasteiger partial charge >= 0.3 is 5.97 Å². The van der Waals surface area contributed by atoms with Gasteiger partial charge in [-0.2, -0.15) is 0 Å². The molecule has 2 heterocycles. The van der Waals surface area contributed by atoms with Gasteiger partial charge in [0.05, 0.1) is 13.2 Å². The normalized spacial score (nSPS) is 24.4.